The van der Waals surface area contributed by atoms with Gasteiger partial charge in [0.2, 0.25) is 0 Å². The van der Waals surface area contributed by atoms with Gasteiger partial charge in [-0.1, -0.05) is 36.1 Å². The second-order valence-corrected chi connectivity index (χ2v) is 5.53. The number of carbonyl (C=O) groups is 1. The van der Waals surface area contributed by atoms with E-state index in [0.717, 1.165) is 16.5 Å². The first-order chi connectivity index (χ1) is 8.72. The molecule has 1 saturated heterocycles. The summed E-state index contributed by atoms with van der Waals surface area (Å²) in [6, 6.07) is 9.78. The van der Waals surface area contributed by atoms with E-state index in [1.165, 1.54) is 11.8 Å². The molecule has 5 heteroatoms. The average Bonchev–Trinajstić information content (AvgIpc) is 2.68. The lowest BCUT2D eigenvalue weighted by Gasteiger charge is -1.99. The zero-order valence-electron chi connectivity index (χ0n) is 9.21. The zero-order chi connectivity index (χ0) is 12.5. The van der Waals surface area contributed by atoms with E-state index < -0.39 is 0 Å². The van der Waals surface area contributed by atoms with Crippen molar-refractivity contribution < 1.29 is 4.79 Å². The van der Waals surface area contributed by atoms with E-state index in [0.29, 0.717) is 9.23 Å². The third-order valence-electron chi connectivity index (χ3n) is 2.57. The maximum absolute atomic E-state index is 11.6. The summed E-state index contributed by atoms with van der Waals surface area (Å²) in [6.07, 6.45) is 3.60. The number of fused-ring (bicyclic) bond motifs is 1. The van der Waals surface area contributed by atoms with E-state index in [2.05, 4.69) is 10.3 Å². The first-order valence-corrected chi connectivity index (χ1v) is 6.54. The second-order valence-electron chi connectivity index (χ2n) is 3.81. The fraction of sp³-hybridized carbons (Fsp3) is 0. The van der Waals surface area contributed by atoms with Crippen LogP contribution in [0.25, 0.3) is 17.0 Å². The van der Waals surface area contributed by atoms with E-state index in [1.807, 2.05) is 36.4 Å². The molecule has 2 heterocycles. The van der Waals surface area contributed by atoms with Crippen LogP contribution in [0.4, 0.5) is 0 Å². The number of rotatable bonds is 1. The standard InChI is InChI=1S/C13H8N2OS2/c16-12-11(18-13(17)15-12)7-8-3-4-10-9(6-8)2-1-5-14-10/h1-7H,(H,15,16,17)/b11-7+. The van der Waals surface area contributed by atoms with Gasteiger partial charge in [-0.3, -0.25) is 9.78 Å². The molecule has 0 radical (unpaired) electrons. The van der Waals surface area contributed by atoms with Gasteiger partial charge in [-0.15, -0.1) is 0 Å². The molecule has 0 bridgehead atoms. The number of pyridine rings is 1. The highest BCUT2D eigenvalue weighted by atomic mass is 32.2. The van der Waals surface area contributed by atoms with Crippen LogP contribution in [0.3, 0.4) is 0 Å². The maximum Gasteiger partial charge on any atom is 0.263 e. The largest absolute Gasteiger partial charge is 0.307 e. The third kappa shape index (κ3) is 2.14. The van der Waals surface area contributed by atoms with Crippen LogP contribution in [-0.4, -0.2) is 15.2 Å². The molecule has 3 nitrogen and oxygen atoms in total. The SMILES string of the molecule is O=C1NC(=S)S/C1=C/c1ccc2ncccc2c1. The summed E-state index contributed by atoms with van der Waals surface area (Å²) in [5.41, 5.74) is 1.91. The minimum Gasteiger partial charge on any atom is -0.307 e. The van der Waals surface area contributed by atoms with Crippen molar-refractivity contribution >= 4 is 51.2 Å². The van der Waals surface area contributed by atoms with Gasteiger partial charge in [-0.2, -0.15) is 0 Å². The van der Waals surface area contributed by atoms with Crippen molar-refractivity contribution in [3.8, 4) is 0 Å². The molecular formula is C13H8N2OS2. The molecule has 2 aromatic rings. The van der Waals surface area contributed by atoms with Crippen LogP contribution >= 0.6 is 24.0 Å². The lowest BCUT2D eigenvalue weighted by Crippen LogP contribution is -2.17. The molecule has 3 rings (SSSR count). The minimum atomic E-state index is -0.128. The Labute approximate surface area is 113 Å². The van der Waals surface area contributed by atoms with Crippen molar-refractivity contribution in [1.29, 1.82) is 0 Å². The first kappa shape index (κ1) is 11.4. The molecular weight excluding hydrogens is 264 g/mol. The molecule has 1 aromatic heterocycles. The van der Waals surface area contributed by atoms with E-state index in [1.54, 1.807) is 6.20 Å². The predicted molar refractivity (Wildman–Crippen MR) is 78.1 cm³/mol. The average molecular weight is 272 g/mol. The number of carbonyl (C=O) groups excluding carboxylic acids is 1. The lowest BCUT2D eigenvalue weighted by atomic mass is 10.1. The van der Waals surface area contributed by atoms with E-state index in [-0.39, 0.29) is 5.91 Å². The number of thioether (sulfide) groups is 1. The van der Waals surface area contributed by atoms with Crippen molar-refractivity contribution in [1.82, 2.24) is 10.3 Å². The highest BCUT2D eigenvalue weighted by Gasteiger charge is 2.21. The van der Waals surface area contributed by atoms with Crippen molar-refractivity contribution in [3.05, 3.63) is 47.0 Å². The molecule has 0 saturated carbocycles. The van der Waals surface area contributed by atoms with Crippen LogP contribution in [0.2, 0.25) is 0 Å². The number of nitrogens with one attached hydrogen (secondary N) is 1. The summed E-state index contributed by atoms with van der Waals surface area (Å²) in [5, 5.41) is 3.65. The Morgan fingerprint density at radius 1 is 1.33 bits per heavy atom. The Bertz CT molecular complexity index is 694. The number of hydrogen-bond acceptors (Lipinski definition) is 4. The summed E-state index contributed by atoms with van der Waals surface area (Å²) >= 11 is 6.24. The summed E-state index contributed by atoms with van der Waals surface area (Å²) in [4.78, 5) is 16.4. The van der Waals surface area contributed by atoms with E-state index >= 15 is 0 Å². The van der Waals surface area contributed by atoms with Crippen molar-refractivity contribution in [3.63, 3.8) is 0 Å². The molecule has 0 spiro atoms. The van der Waals surface area contributed by atoms with E-state index in [9.17, 15) is 4.79 Å². The Hall–Kier alpha value is -1.72. The Morgan fingerprint density at radius 3 is 3.00 bits per heavy atom. The summed E-state index contributed by atoms with van der Waals surface area (Å²) in [7, 11) is 0. The van der Waals surface area contributed by atoms with Gasteiger partial charge in [0.25, 0.3) is 5.91 Å². The van der Waals surface area contributed by atoms with Crippen molar-refractivity contribution in [2.45, 2.75) is 0 Å². The van der Waals surface area contributed by atoms with Gasteiger partial charge in [-0.05, 0) is 29.8 Å². The van der Waals surface area contributed by atoms with Crippen molar-refractivity contribution in [2.75, 3.05) is 0 Å². The Balaban J connectivity index is 2.02. The Morgan fingerprint density at radius 2 is 2.22 bits per heavy atom. The topological polar surface area (TPSA) is 42.0 Å². The number of nitrogens with zero attached hydrogens (tertiary/aromatic N) is 1. The van der Waals surface area contributed by atoms with Gasteiger partial charge in [0.15, 0.2) is 0 Å². The van der Waals surface area contributed by atoms with Crippen LogP contribution in [0.1, 0.15) is 5.56 Å². The van der Waals surface area contributed by atoms with E-state index in [4.69, 9.17) is 12.2 Å². The molecule has 0 unspecified atom stereocenters. The normalized spacial score (nSPS) is 17.4. The summed E-state index contributed by atoms with van der Waals surface area (Å²) < 4.78 is 0.508. The molecule has 1 fully saturated rings. The van der Waals surface area contributed by atoms with Gasteiger partial charge in [0.05, 0.1) is 10.4 Å². The fourth-order valence-corrected chi connectivity index (χ4v) is 2.80. The molecule has 1 aliphatic heterocycles. The monoisotopic (exact) mass is 272 g/mol. The van der Waals surface area contributed by atoms with Crippen LogP contribution < -0.4 is 5.32 Å². The zero-order valence-corrected chi connectivity index (χ0v) is 10.8. The number of aromatic nitrogens is 1. The summed E-state index contributed by atoms with van der Waals surface area (Å²) in [5.74, 6) is -0.128. The number of amides is 1. The van der Waals surface area contributed by atoms with Gasteiger partial charge in [0.1, 0.15) is 4.32 Å². The van der Waals surface area contributed by atoms with Gasteiger partial charge >= 0.3 is 0 Å². The molecule has 1 aromatic carbocycles. The smallest absolute Gasteiger partial charge is 0.263 e. The van der Waals surface area contributed by atoms with Crippen molar-refractivity contribution in [2.24, 2.45) is 0 Å². The highest BCUT2D eigenvalue weighted by Crippen LogP contribution is 2.26. The predicted octanol–water partition coefficient (Wildman–Crippen LogP) is 2.72. The molecule has 1 aliphatic rings. The van der Waals surface area contributed by atoms with Gasteiger partial charge in [0, 0.05) is 11.6 Å². The second kappa shape index (κ2) is 4.51. The minimum absolute atomic E-state index is 0.128. The van der Waals surface area contributed by atoms with Crippen LogP contribution in [-0.2, 0) is 4.79 Å². The maximum atomic E-state index is 11.6. The lowest BCUT2D eigenvalue weighted by molar-refractivity contribution is -0.115. The fourth-order valence-electron chi connectivity index (χ4n) is 1.76. The Kier molecular flexibility index (Phi) is 2.85. The van der Waals surface area contributed by atoms with Crippen LogP contribution in [0, 0.1) is 0 Å². The molecule has 18 heavy (non-hydrogen) atoms. The third-order valence-corrected chi connectivity index (χ3v) is 3.73. The van der Waals surface area contributed by atoms with Gasteiger partial charge in [-0.25, -0.2) is 0 Å². The van der Waals surface area contributed by atoms with Gasteiger partial charge < -0.3 is 5.32 Å². The quantitative estimate of drug-likeness (QED) is 0.640. The molecule has 0 aliphatic carbocycles. The van der Waals surface area contributed by atoms with Crippen LogP contribution in [0.5, 0.6) is 0 Å². The molecule has 1 amide bonds. The number of thiocarbonyl (C=S) groups is 1. The first-order valence-electron chi connectivity index (χ1n) is 5.32. The van der Waals surface area contributed by atoms with Crippen LogP contribution in [0.15, 0.2) is 41.4 Å². The summed E-state index contributed by atoms with van der Waals surface area (Å²) in [6.45, 7) is 0. The highest BCUT2D eigenvalue weighted by molar-refractivity contribution is 8.26. The number of hydrogen-bond donors (Lipinski definition) is 1. The number of benzene rings is 1. The molecule has 1 N–H and O–H groups in total. The molecule has 0 atom stereocenters. The molecule has 88 valence electrons.